The van der Waals surface area contributed by atoms with E-state index in [9.17, 15) is 4.79 Å². The highest BCUT2D eigenvalue weighted by Gasteiger charge is 2.08. The van der Waals surface area contributed by atoms with E-state index in [0.29, 0.717) is 12.2 Å². The Morgan fingerprint density at radius 1 is 1.20 bits per heavy atom. The summed E-state index contributed by atoms with van der Waals surface area (Å²) in [5, 5.41) is 6.98. The van der Waals surface area contributed by atoms with Gasteiger partial charge in [0, 0.05) is 6.54 Å². The summed E-state index contributed by atoms with van der Waals surface area (Å²) in [5.74, 6) is -0.182. The van der Waals surface area contributed by atoms with E-state index in [1.807, 2.05) is 29.6 Å². The van der Waals surface area contributed by atoms with Crippen LogP contribution in [0.3, 0.4) is 0 Å². The third kappa shape index (κ3) is 2.83. The van der Waals surface area contributed by atoms with Crippen molar-refractivity contribution in [2.24, 2.45) is 0 Å². The second kappa shape index (κ2) is 5.79. The molecule has 0 atom stereocenters. The molecule has 0 unspecified atom stereocenters. The van der Waals surface area contributed by atoms with Gasteiger partial charge >= 0.3 is 0 Å². The fourth-order valence-electron chi connectivity index (χ4n) is 1.91. The molecule has 5 heteroatoms. The largest absolute Gasteiger partial charge is 0.350 e. The highest BCUT2D eigenvalue weighted by molar-refractivity contribution is 7.07. The third-order valence-electron chi connectivity index (χ3n) is 2.96. The van der Waals surface area contributed by atoms with Gasteiger partial charge in [-0.1, -0.05) is 12.1 Å². The van der Waals surface area contributed by atoms with Crippen molar-refractivity contribution in [1.82, 2.24) is 15.3 Å². The molecule has 0 aliphatic carbocycles. The van der Waals surface area contributed by atoms with E-state index in [-0.39, 0.29) is 5.91 Å². The number of thiophene rings is 1. The Bertz CT molecular complexity index is 725. The molecule has 1 amide bonds. The van der Waals surface area contributed by atoms with Crippen molar-refractivity contribution in [2.75, 3.05) is 6.54 Å². The molecule has 0 aliphatic heterocycles. The summed E-state index contributed by atoms with van der Waals surface area (Å²) in [6.07, 6.45) is 2.35. The van der Waals surface area contributed by atoms with Crippen LogP contribution in [0.25, 0.3) is 11.0 Å². The standard InChI is InChI=1S/C15H13N3OS/c19-15(16-7-5-11-6-8-20-10-11)14-9-17-12-3-1-2-4-13(12)18-14/h1-4,6,8-10H,5,7H2,(H,16,19). The van der Waals surface area contributed by atoms with Crippen LogP contribution in [0.15, 0.2) is 47.3 Å². The second-order valence-corrected chi connectivity index (χ2v) is 5.16. The van der Waals surface area contributed by atoms with Crippen LogP contribution in [0.2, 0.25) is 0 Å². The summed E-state index contributed by atoms with van der Waals surface area (Å²) in [4.78, 5) is 20.6. The van der Waals surface area contributed by atoms with E-state index in [2.05, 4.69) is 26.7 Å². The van der Waals surface area contributed by atoms with Crippen LogP contribution in [0.4, 0.5) is 0 Å². The monoisotopic (exact) mass is 283 g/mol. The molecular weight excluding hydrogens is 270 g/mol. The van der Waals surface area contributed by atoms with Crippen molar-refractivity contribution >= 4 is 28.3 Å². The first-order valence-corrected chi connectivity index (χ1v) is 7.28. The van der Waals surface area contributed by atoms with Crippen molar-refractivity contribution in [2.45, 2.75) is 6.42 Å². The normalized spacial score (nSPS) is 10.6. The summed E-state index contributed by atoms with van der Waals surface area (Å²) in [6.45, 7) is 0.601. The van der Waals surface area contributed by atoms with Gasteiger partial charge in [0.2, 0.25) is 0 Å². The van der Waals surface area contributed by atoms with E-state index in [0.717, 1.165) is 17.5 Å². The number of benzene rings is 1. The fourth-order valence-corrected chi connectivity index (χ4v) is 2.62. The lowest BCUT2D eigenvalue weighted by molar-refractivity contribution is 0.0949. The quantitative estimate of drug-likeness (QED) is 0.801. The van der Waals surface area contributed by atoms with Gasteiger partial charge in [-0.15, -0.1) is 0 Å². The van der Waals surface area contributed by atoms with Crippen LogP contribution >= 0.6 is 11.3 Å². The number of nitrogens with one attached hydrogen (secondary N) is 1. The van der Waals surface area contributed by atoms with Crippen LogP contribution < -0.4 is 5.32 Å². The summed E-state index contributed by atoms with van der Waals surface area (Å²) in [6, 6.07) is 9.57. The molecule has 1 aromatic carbocycles. The number of carbonyl (C=O) groups excluding carboxylic acids is 1. The summed E-state index contributed by atoms with van der Waals surface area (Å²) in [7, 11) is 0. The van der Waals surface area contributed by atoms with E-state index >= 15 is 0 Å². The molecule has 4 nitrogen and oxygen atoms in total. The molecule has 3 aromatic rings. The number of rotatable bonds is 4. The number of para-hydroxylation sites is 2. The first kappa shape index (κ1) is 12.7. The Kier molecular flexibility index (Phi) is 3.69. The Hall–Kier alpha value is -2.27. The zero-order chi connectivity index (χ0) is 13.8. The number of fused-ring (bicyclic) bond motifs is 1. The van der Waals surface area contributed by atoms with Crippen molar-refractivity contribution in [3.8, 4) is 0 Å². The second-order valence-electron chi connectivity index (χ2n) is 4.38. The Labute approximate surface area is 120 Å². The zero-order valence-electron chi connectivity index (χ0n) is 10.7. The van der Waals surface area contributed by atoms with Crippen LogP contribution in [0.1, 0.15) is 16.1 Å². The SMILES string of the molecule is O=C(NCCc1ccsc1)c1cnc2ccccc2n1. The number of hydrogen-bond acceptors (Lipinski definition) is 4. The highest BCUT2D eigenvalue weighted by atomic mass is 32.1. The summed E-state index contributed by atoms with van der Waals surface area (Å²) in [5.41, 5.74) is 3.12. The molecule has 0 bridgehead atoms. The lowest BCUT2D eigenvalue weighted by Crippen LogP contribution is -2.26. The number of amides is 1. The van der Waals surface area contributed by atoms with Gasteiger partial charge in [0.05, 0.1) is 17.2 Å². The molecule has 0 radical (unpaired) electrons. The molecule has 0 aliphatic rings. The smallest absolute Gasteiger partial charge is 0.271 e. The van der Waals surface area contributed by atoms with E-state index in [1.54, 1.807) is 11.3 Å². The minimum Gasteiger partial charge on any atom is -0.350 e. The molecule has 0 spiro atoms. The maximum absolute atomic E-state index is 12.0. The van der Waals surface area contributed by atoms with Gasteiger partial charge < -0.3 is 5.32 Å². The highest BCUT2D eigenvalue weighted by Crippen LogP contribution is 2.09. The topological polar surface area (TPSA) is 54.9 Å². The maximum atomic E-state index is 12.0. The molecule has 100 valence electrons. The van der Waals surface area contributed by atoms with Crippen molar-refractivity contribution in [1.29, 1.82) is 0 Å². The van der Waals surface area contributed by atoms with Crippen LogP contribution in [0.5, 0.6) is 0 Å². The van der Waals surface area contributed by atoms with E-state index < -0.39 is 0 Å². The van der Waals surface area contributed by atoms with Crippen LogP contribution in [-0.2, 0) is 6.42 Å². The minimum atomic E-state index is -0.182. The predicted molar refractivity (Wildman–Crippen MR) is 79.9 cm³/mol. The predicted octanol–water partition coefficient (Wildman–Crippen LogP) is 2.66. The molecule has 0 fully saturated rings. The summed E-state index contributed by atoms with van der Waals surface area (Å²) >= 11 is 1.66. The van der Waals surface area contributed by atoms with Gasteiger partial charge in [-0.3, -0.25) is 9.78 Å². The number of carbonyl (C=O) groups is 1. The zero-order valence-corrected chi connectivity index (χ0v) is 11.6. The first-order chi connectivity index (χ1) is 9.83. The van der Waals surface area contributed by atoms with Crippen LogP contribution in [-0.4, -0.2) is 22.4 Å². The number of aromatic nitrogens is 2. The first-order valence-electron chi connectivity index (χ1n) is 6.34. The molecule has 2 aromatic heterocycles. The van der Waals surface area contributed by atoms with Gasteiger partial charge in [-0.05, 0) is 40.9 Å². The molecule has 1 N–H and O–H groups in total. The van der Waals surface area contributed by atoms with Gasteiger partial charge in [-0.25, -0.2) is 4.98 Å². The Morgan fingerprint density at radius 3 is 2.85 bits per heavy atom. The molecule has 0 saturated heterocycles. The van der Waals surface area contributed by atoms with Gasteiger partial charge in [0.15, 0.2) is 0 Å². The lowest BCUT2D eigenvalue weighted by Gasteiger charge is -2.04. The Morgan fingerprint density at radius 2 is 2.05 bits per heavy atom. The summed E-state index contributed by atoms with van der Waals surface area (Å²) < 4.78 is 0. The number of hydrogen-bond donors (Lipinski definition) is 1. The molecule has 20 heavy (non-hydrogen) atoms. The fraction of sp³-hybridized carbons (Fsp3) is 0.133. The molecule has 2 heterocycles. The van der Waals surface area contributed by atoms with Gasteiger partial charge in [0.1, 0.15) is 5.69 Å². The average Bonchev–Trinajstić information content (AvgIpc) is 3.00. The van der Waals surface area contributed by atoms with Crippen LogP contribution in [0, 0.1) is 0 Å². The van der Waals surface area contributed by atoms with Crippen molar-refractivity contribution in [3.05, 3.63) is 58.5 Å². The van der Waals surface area contributed by atoms with Gasteiger partial charge in [0.25, 0.3) is 5.91 Å². The third-order valence-corrected chi connectivity index (χ3v) is 3.69. The molecule has 3 rings (SSSR count). The Balaban J connectivity index is 1.66. The molecule has 0 saturated carbocycles. The van der Waals surface area contributed by atoms with Gasteiger partial charge in [-0.2, -0.15) is 11.3 Å². The average molecular weight is 283 g/mol. The van der Waals surface area contributed by atoms with Crippen molar-refractivity contribution in [3.63, 3.8) is 0 Å². The van der Waals surface area contributed by atoms with E-state index in [4.69, 9.17) is 0 Å². The van der Waals surface area contributed by atoms with Crippen molar-refractivity contribution < 1.29 is 4.79 Å². The maximum Gasteiger partial charge on any atom is 0.271 e. The lowest BCUT2D eigenvalue weighted by atomic mass is 10.2. The molecular formula is C15H13N3OS. The number of nitrogens with zero attached hydrogens (tertiary/aromatic N) is 2. The minimum absolute atomic E-state index is 0.182. The van der Waals surface area contributed by atoms with E-state index in [1.165, 1.54) is 11.8 Å².